The lowest BCUT2D eigenvalue weighted by molar-refractivity contribution is -0.132. The first kappa shape index (κ1) is 16.0. The smallest absolute Gasteiger partial charge is 0.223 e. The van der Waals surface area contributed by atoms with E-state index in [0.29, 0.717) is 13.0 Å². The van der Waals surface area contributed by atoms with Gasteiger partial charge in [-0.1, -0.05) is 43.7 Å². The minimum atomic E-state index is -1.62. The molecule has 3 nitrogen and oxygen atoms in total. The molecule has 0 bridgehead atoms. The molecule has 0 spiro atoms. The van der Waals surface area contributed by atoms with Gasteiger partial charge in [0, 0.05) is 19.4 Å². The summed E-state index contributed by atoms with van der Waals surface area (Å²) in [6.07, 6.45) is 0.567. The highest BCUT2D eigenvalue weighted by Gasteiger charge is 2.40. The van der Waals surface area contributed by atoms with Gasteiger partial charge in [0.2, 0.25) is 5.91 Å². The van der Waals surface area contributed by atoms with E-state index >= 15 is 0 Å². The van der Waals surface area contributed by atoms with Crippen LogP contribution in [0.15, 0.2) is 24.3 Å². The predicted molar refractivity (Wildman–Crippen MR) is 80.9 cm³/mol. The maximum Gasteiger partial charge on any atom is 0.223 e. The highest BCUT2D eigenvalue weighted by Crippen LogP contribution is 2.31. The molecule has 1 atom stereocenters. The van der Waals surface area contributed by atoms with Crippen LogP contribution in [0.4, 0.5) is 4.39 Å². The average Bonchev–Trinajstić information content (AvgIpc) is 2.82. The number of likely N-dealkylation sites (tertiary alicyclic amines) is 1. The number of rotatable bonds is 4. The van der Waals surface area contributed by atoms with E-state index in [1.54, 1.807) is 0 Å². The lowest BCUT2D eigenvalue weighted by atomic mass is 9.81. The van der Waals surface area contributed by atoms with Crippen LogP contribution in [-0.2, 0) is 10.2 Å². The van der Waals surface area contributed by atoms with E-state index in [1.807, 2.05) is 45.0 Å². The Bertz CT molecular complexity index is 512. The second-order valence-corrected chi connectivity index (χ2v) is 6.80. The lowest BCUT2D eigenvalue weighted by Crippen LogP contribution is -2.38. The Hall–Kier alpha value is -1.42. The van der Waals surface area contributed by atoms with Gasteiger partial charge in [-0.05, 0) is 17.9 Å². The zero-order chi connectivity index (χ0) is 15.7. The third kappa shape index (κ3) is 3.62. The van der Waals surface area contributed by atoms with Crippen molar-refractivity contribution in [2.75, 3.05) is 19.7 Å². The molecule has 116 valence electrons. The molecule has 4 heteroatoms. The summed E-state index contributed by atoms with van der Waals surface area (Å²) in [5, 5.41) is 9.05. The Morgan fingerprint density at radius 2 is 2.00 bits per heavy atom. The van der Waals surface area contributed by atoms with Crippen LogP contribution in [0.5, 0.6) is 0 Å². The molecule has 0 aromatic heterocycles. The molecule has 2 rings (SSSR count). The summed E-state index contributed by atoms with van der Waals surface area (Å²) in [4.78, 5) is 13.9. The van der Waals surface area contributed by atoms with Crippen molar-refractivity contribution in [2.45, 2.75) is 44.7 Å². The molecule has 1 aromatic rings. The first-order valence-corrected chi connectivity index (χ1v) is 7.40. The summed E-state index contributed by atoms with van der Waals surface area (Å²) >= 11 is 0. The lowest BCUT2D eigenvalue weighted by Gasteiger charge is -2.28. The largest absolute Gasteiger partial charge is 0.393 e. The van der Waals surface area contributed by atoms with Gasteiger partial charge in [-0.2, -0.15) is 0 Å². The van der Waals surface area contributed by atoms with Crippen LogP contribution in [0.2, 0.25) is 0 Å². The summed E-state index contributed by atoms with van der Waals surface area (Å²) < 4.78 is 14.0. The van der Waals surface area contributed by atoms with Crippen molar-refractivity contribution in [3.05, 3.63) is 35.4 Å². The van der Waals surface area contributed by atoms with Crippen molar-refractivity contribution >= 4 is 5.91 Å². The predicted octanol–water partition coefficient (Wildman–Crippen LogP) is 2.60. The molecule has 1 aromatic carbocycles. The van der Waals surface area contributed by atoms with E-state index in [4.69, 9.17) is 5.11 Å². The molecular weight excluding hydrogens is 269 g/mol. The number of hydrogen-bond acceptors (Lipinski definition) is 2. The number of aliphatic hydroxyl groups excluding tert-OH is 1. The second-order valence-electron chi connectivity index (χ2n) is 6.80. The van der Waals surface area contributed by atoms with Crippen molar-refractivity contribution < 1.29 is 14.3 Å². The zero-order valence-electron chi connectivity index (χ0n) is 13.0. The number of hydrogen-bond donors (Lipinski definition) is 1. The van der Waals surface area contributed by atoms with Crippen molar-refractivity contribution in [1.82, 2.24) is 4.90 Å². The van der Waals surface area contributed by atoms with Crippen LogP contribution in [0.3, 0.4) is 0 Å². The van der Waals surface area contributed by atoms with Gasteiger partial charge in [0.1, 0.15) is 0 Å². The van der Waals surface area contributed by atoms with Crippen LogP contribution in [0.1, 0.15) is 37.8 Å². The number of alkyl halides is 1. The molecule has 0 aliphatic carbocycles. The van der Waals surface area contributed by atoms with Gasteiger partial charge in [0.25, 0.3) is 0 Å². The highest BCUT2D eigenvalue weighted by atomic mass is 19.1. The van der Waals surface area contributed by atoms with E-state index < -0.39 is 12.3 Å². The molecule has 1 unspecified atom stereocenters. The number of aryl methyl sites for hydroxylation is 1. The van der Waals surface area contributed by atoms with Gasteiger partial charge in [-0.25, -0.2) is 4.39 Å². The maximum absolute atomic E-state index is 14.0. The highest BCUT2D eigenvalue weighted by molar-refractivity contribution is 5.78. The van der Waals surface area contributed by atoms with Crippen molar-refractivity contribution in [3.8, 4) is 0 Å². The van der Waals surface area contributed by atoms with Crippen LogP contribution < -0.4 is 0 Å². The van der Waals surface area contributed by atoms with E-state index in [0.717, 1.165) is 5.56 Å². The molecule has 0 radical (unpaired) electrons. The number of amides is 1. The fraction of sp³-hybridized carbons (Fsp3) is 0.588. The van der Waals surface area contributed by atoms with E-state index in [1.165, 1.54) is 10.5 Å². The van der Waals surface area contributed by atoms with Gasteiger partial charge >= 0.3 is 0 Å². The van der Waals surface area contributed by atoms with Gasteiger partial charge in [-0.3, -0.25) is 4.79 Å². The summed E-state index contributed by atoms with van der Waals surface area (Å²) in [5.74, 6) is -0.0476. The number of carbonyl (C=O) groups is 1. The fourth-order valence-electron chi connectivity index (χ4n) is 2.77. The van der Waals surface area contributed by atoms with Crippen molar-refractivity contribution in [3.63, 3.8) is 0 Å². The Balaban J connectivity index is 2.03. The second kappa shape index (κ2) is 5.76. The third-order valence-electron chi connectivity index (χ3n) is 4.37. The van der Waals surface area contributed by atoms with Gasteiger partial charge in [-0.15, -0.1) is 0 Å². The monoisotopic (exact) mass is 293 g/mol. The number of carbonyl (C=O) groups excluding carboxylic acids is 1. The topological polar surface area (TPSA) is 40.5 Å². The van der Waals surface area contributed by atoms with Gasteiger partial charge in [0.15, 0.2) is 5.67 Å². The first-order valence-electron chi connectivity index (χ1n) is 7.40. The number of aliphatic hydroxyl groups is 1. The number of nitrogens with zero attached hydrogens (tertiary/aromatic N) is 1. The van der Waals surface area contributed by atoms with E-state index in [9.17, 15) is 9.18 Å². The van der Waals surface area contributed by atoms with Crippen LogP contribution in [0.25, 0.3) is 0 Å². The molecule has 1 heterocycles. The quantitative estimate of drug-likeness (QED) is 0.927. The Morgan fingerprint density at radius 1 is 1.38 bits per heavy atom. The molecule has 0 saturated carbocycles. The molecular formula is C17H24FNO2. The maximum atomic E-state index is 14.0. The van der Waals surface area contributed by atoms with E-state index in [2.05, 4.69) is 0 Å². The summed E-state index contributed by atoms with van der Waals surface area (Å²) in [6, 6.07) is 8.16. The van der Waals surface area contributed by atoms with Crippen LogP contribution >= 0.6 is 0 Å². The average molecular weight is 293 g/mol. The molecule has 1 saturated heterocycles. The first-order chi connectivity index (χ1) is 9.76. The molecule has 1 amide bonds. The Labute approximate surface area is 125 Å². The van der Waals surface area contributed by atoms with Crippen LogP contribution in [0, 0.1) is 6.92 Å². The summed E-state index contributed by atoms with van der Waals surface area (Å²) in [7, 11) is 0. The van der Waals surface area contributed by atoms with Gasteiger partial charge < -0.3 is 10.0 Å². The standard InChI is InChI=1S/C17H24FNO2/c1-13-4-6-14(7-5-13)16(2,3)10-15(21)19-9-8-17(18,11-19)12-20/h4-7,20H,8-12H2,1-3H3. The number of halogens is 1. The summed E-state index contributed by atoms with van der Waals surface area (Å²) in [5.41, 5.74) is 0.384. The summed E-state index contributed by atoms with van der Waals surface area (Å²) in [6.45, 7) is 5.97. The zero-order valence-corrected chi connectivity index (χ0v) is 13.0. The van der Waals surface area contributed by atoms with Crippen molar-refractivity contribution in [1.29, 1.82) is 0 Å². The Morgan fingerprint density at radius 3 is 2.52 bits per heavy atom. The third-order valence-corrected chi connectivity index (χ3v) is 4.37. The fourth-order valence-corrected chi connectivity index (χ4v) is 2.77. The minimum Gasteiger partial charge on any atom is -0.393 e. The van der Waals surface area contributed by atoms with Crippen molar-refractivity contribution in [2.24, 2.45) is 0 Å². The molecule has 1 aliphatic rings. The SMILES string of the molecule is Cc1ccc(C(C)(C)CC(=O)N2CCC(F)(CO)C2)cc1. The Kier molecular flexibility index (Phi) is 4.38. The molecule has 1 aliphatic heterocycles. The minimum absolute atomic E-state index is 0.00626. The molecule has 21 heavy (non-hydrogen) atoms. The van der Waals surface area contributed by atoms with E-state index in [-0.39, 0.29) is 24.3 Å². The normalized spacial score (nSPS) is 22.6. The van der Waals surface area contributed by atoms with Crippen LogP contribution in [-0.4, -0.2) is 41.3 Å². The molecule has 1 fully saturated rings. The number of benzene rings is 1. The molecule has 1 N–H and O–H groups in total. The van der Waals surface area contributed by atoms with Gasteiger partial charge in [0.05, 0.1) is 13.2 Å².